The number of hydrogen-bond donors (Lipinski definition) is 18. The van der Waals surface area contributed by atoms with Crippen LogP contribution >= 0.6 is 0 Å². The summed E-state index contributed by atoms with van der Waals surface area (Å²) in [7, 11) is 0. The molecular formula is C37H62N2O28. The smallest absolute Gasteiger partial charge is 0.364 e. The van der Waals surface area contributed by atoms with Gasteiger partial charge in [-0.1, -0.05) is 0 Å². The van der Waals surface area contributed by atoms with Crippen molar-refractivity contribution in [3.05, 3.63) is 0 Å². The monoisotopic (exact) mass is 982 g/mol. The van der Waals surface area contributed by atoms with Gasteiger partial charge in [-0.25, -0.2) is 4.79 Å². The number of carbonyl (C=O) groups excluding carboxylic acids is 2. The molecule has 5 saturated heterocycles. The molecule has 0 radical (unpaired) electrons. The number of carboxylic acids is 1. The summed E-state index contributed by atoms with van der Waals surface area (Å²) in [6, 6.07) is -3.47. The van der Waals surface area contributed by atoms with Crippen molar-refractivity contribution in [1.29, 1.82) is 0 Å². The fourth-order valence-corrected chi connectivity index (χ4v) is 8.47. The number of aliphatic carboxylic acids is 1. The number of carbonyl (C=O) groups is 3. The molecule has 0 aromatic heterocycles. The number of aliphatic hydroxyl groups is 15. The van der Waals surface area contributed by atoms with Crippen LogP contribution in [0.5, 0.6) is 0 Å². The SMILES string of the molecule is CC(=O)N[C@H]1[C@H](O[C@@H]2[C@@H](O)[C@H](O)O[C@H](CO)[C@@H]2O)O[C@H](CO)[C@@H](O[C@@H]2O[C@H](CO)[C@H](O)[C@H](O[C@]3(C(=O)O)C[C@@H](O)[C@@H](NC(C)=O)[C@@H]([C@H](O)[C@H](O)CO)O3)[C@H]2O)[C@@H]1O[C@H]1O[C@@H](C)[C@@H](O)[C@@H](O)[C@@H]1O. The zero-order chi connectivity index (χ0) is 50.0. The molecule has 0 aromatic carbocycles. The highest BCUT2D eigenvalue weighted by Gasteiger charge is 2.61. The Hall–Kier alpha value is -2.55. The number of amides is 2. The van der Waals surface area contributed by atoms with Gasteiger partial charge in [-0.3, -0.25) is 9.59 Å². The van der Waals surface area contributed by atoms with Gasteiger partial charge in [0.1, 0.15) is 110 Å². The maximum Gasteiger partial charge on any atom is 0.364 e. The lowest BCUT2D eigenvalue weighted by Gasteiger charge is -2.52. The summed E-state index contributed by atoms with van der Waals surface area (Å²) in [5, 5.41) is 175. The standard InChI is InChI=1S/C37H62N2O28/c1-9-19(48)23(52)24(53)34(59-9)64-29-18(39-11(3)45)33(65-30-21(50)14(6-41)60-32(56)25(30)54)62-16(8-43)27(29)63-35-26(55)31(22(51)15(7-42)61-35)67-37(36(57)58)4-12(46)17(38-10(2)44)28(66-37)20(49)13(47)5-40/h9,12-35,40-43,46-56H,4-8H2,1-3H3,(H,38,44)(H,39,45)(H,57,58)/t9-,12+,13+,14+,15+,16+,17+,18+,19+,20+,21-,22-,23+,24-,25+,26+,27+,28-,29+,30-,31-,32+,33-,34+,35-,37-/m0/s1. The molecule has 0 bridgehead atoms. The first-order valence-electron chi connectivity index (χ1n) is 21.1. The number of carboxylic acid groups (broad SMARTS) is 1. The van der Waals surface area contributed by atoms with Crippen LogP contribution in [0.4, 0.5) is 0 Å². The van der Waals surface area contributed by atoms with Crippen LogP contribution in [0.1, 0.15) is 27.2 Å². The van der Waals surface area contributed by atoms with Crippen molar-refractivity contribution in [3.8, 4) is 0 Å². The third-order valence-corrected chi connectivity index (χ3v) is 12.1. The van der Waals surface area contributed by atoms with Gasteiger partial charge in [0.2, 0.25) is 11.8 Å². The molecule has 0 aromatic rings. The van der Waals surface area contributed by atoms with Crippen LogP contribution in [0.25, 0.3) is 0 Å². The van der Waals surface area contributed by atoms with E-state index in [-0.39, 0.29) is 0 Å². The van der Waals surface area contributed by atoms with E-state index in [1.54, 1.807) is 0 Å². The number of nitrogens with one attached hydrogen (secondary N) is 2. The Kier molecular flexibility index (Phi) is 19.1. The third kappa shape index (κ3) is 11.8. The quantitative estimate of drug-likeness (QED) is 0.0643. The van der Waals surface area contributed by atoms with Crippen LogP contribution < -0.4 is 10.6 Å². The van der Waals surface area contributed by atoms with E-state index in [2.05, 4.69) is 10.6 Å². The predicted octanol–water partition coefficient (Wildman–Crippen LogP) is -11.4. The molecule has 5 aliphatic rings. The van der Waals surface area contributed by atoms with E-state index >= 15 is 0 Å². The average molecular weight is 983 g/mol. The van der Waals surface area contributed by atoms with Crippen LogP contribution in [0.2, 0.25) is 0 Å². The topological polar surface area (TPSA) is 482 Å². The lowest BCUT2D eigenvalue weighted by molar-refractivity contribution is -0.396. The number of aliphatic hydroxyl groups excluding tert-OH is 15. The van der Waals surface area contributed by atoms with Crippen molar-refractivity contribution in [2.75, 3.05) is 26.4 Å². The lowest BCUT2D eigenvalue weighted by atomic mass is 9.88. The van der Waals surface area contributed by atoms with E-state index in [0.29, 0.717) is 0 Å². The molecule has 0 saturated carbocycles. The first-order valence-corrected chi connectivity index (χ1v) is 21.1. The minimum absolute atomic E-state index is 0.817. The second-order valence-electron chi connectivity index (χ2n) is 16.8. The number of hydrogen-bond acceptors (Lipinski definition) is 27. The molecule has 5 fully saturated rings. The summed E-state index contributed by atoms with van der Waals surface area (Å²) in [5.41, 5.74) is 0. The summed E-state index contributed by atoms with van der Waals surface area (Å²) in [5.74, 6) is -6.97. The molecular weight excluding hydrogens is 920 g/mol. The fraction of sp³-hybridized carbons (Fsp3) is 0.919. The normalized spacial score (nSPS) is 47.1. The van der Waals surface area contributed by atoms with Crippen LogP contribution in [-0.4, -0.2) is 285 Å². The van der Waals surface area contributed by atoms with E-state index < -0.39 is 210 Å². The molecule has 26 atom stereocenters. The second kappa shape index (κ2) is 23.1. The summed E-state index contributed by atoms with van der Waals surface area (Å²) in [6.07, 6.45) is -46.7. The molecule has 18 N–H and O–H groups in total. The Morgan fingerprint density at radius 2 is 1.13 bits per heavy atom. The van der Waals surface area contributed by atoms with E-state index in [1.807, 2.05) is 0 Å². The van der Waals surface area contributed by atoms with Crippen LogP contribution in [0.3, 0.4) is 0 Å². The summed E-state index contributed by atoms with van der Waals surface area (Å²) >= 11 is 0. The first kappa shape index (κ1) is 55.4. The number of ether oxygens (including phenoxy) is 9. The van der Waals surface area contributed by atoms with Gasteiger partial charge in [-0.05, 0) is 6.92 Å². The molecule has 5 rings (SSSR count). The van der Waals surface area contributed by atoms with E-state index in [0.717, 1.165) is 13.8 Å². The summed E-state index contributed by atoms with van der Waals surface area (Å²) in [6.45, 7) is -1.01. The minimum Gasteiger partial charge on any atom is -0.477 e. The van der Waals surface area contributed by atoms with Crippen molar-refractivity contribution in [2.45, 2.75) is 186 Å². The molecule has 0 unspecified atom stereocenters. The molecule has 2 amide bonds. The molecule has 67 heavy (non-hydrogen) atoms. The van der Waals surface area contributed by atoms with E-state index in [4.69, 9.17) is 42.6 Å². The van der Waals surface area contributed by atoms with Crippen molar-refractivity contribution >= 4 is 17.8 Å². The zero-order valence-corrected chi connectivity index (χ0v) is 36.0. The van der Waals surface area contributed by atoms with E-state index in [9.17, 15) is 96.1 Å². The summed E-state index contributed by atoms with van der Waals surface area (Å²) < 4.78 is 51.7. The Bertz CT molecular complexity index is 1640. The van der Waals surface area contributed by atoms with Gasteiger partial charge < -0.3 is 135 Å². The molecule has 0 aliphatic carbocycles. The molecule has 5 heterocycles. The molecule has 30 nitrogen and oxygen atoms in total. The fourth-order valence-electron chi connectivity index (χ4n) is 8.47. The van der Waals surface area contributed by atoms with Crippen LogP contribution in [0, 0.1) is 0 Å². The molecule has 0 spiro atoms. The van der Waals surface area contributed by atoms with E-state index in [1.165, 1.54) is 6.92 Å². The highest BCUT2D eigenvalue weighted by molar-refractivity contribution is 5.76. The Morgan fingerprint density at radius 3 is 1.70 bits per heavy atom. The maximum absolute atomic E-state index is 13.0. The van der Waals surface area contributed by atoms with Crippen LogP contribution in [0.15, 0.2) is 0 Å². The second-order valence-corrected chi connectivity index (χ2v) is 16.8. The van der Waals surface area contributed by atoms with Crippen molar-refractivity contribution in [2.24, 2.45) is 0 Å². The Labute approximate surface area is 379 Å². The van der Waals surface area contributed by atoms with Gasteiger partial charge in [-0.15, -0.1) is 0 Å². The molecule has 388 valence electrons. The highest BCUT2D eigenvalue weighted by Crippen LogP contribution is 2.40. The minimum atomic E-state index is -3.20. The van der Waals surface area contributed by atoms with Crippen LogP contribution in [-0.2, 0) is 57.0 Å². The predicted molar refractivity (Wildman–Crippen MR) is 206 cm³/mol. The average Bonchev–Trinajstić information content (AvgIpc) is 3.28. The van der Waals surface area contributed by atoms with Gasteiger partial charge in [0.25, 0.3) is 5.79 Å². The van der Waals surface area contributed by atoms with Crippen molar-refractivity contribution in [3.63, 3.8) is 0 Å². The van der Waals surface area contributed by atoms with Gasteiger partial charge in [0.15, 0.2) is 25.2 Å². The van der Waals surface area contributed by atoms with Gasteiger partial charge in [0.05, 0.1) is 44.7 Å². The van der Waals surface area contributed by atoms with Gasteiger partial charge in [0, 0.05) is 20.3 Å². The first-order chi connectivity index (χ1) is 31.4. The lowest BCUT2D eigenvalue weighted by Crippen LogP contribution is -2.72. The zero-order valence-electron chi connectivity index (χ0n) is 36.0. The molecule has 30 heteroatoms. The van der Waals surface area contributed by atoms with Crippen molar-refractivity contribution < 1.29 is 139 Å². The Balaban J connectivity index is 1.55. The number of rotatable bonds is 17. The maximum atomic E-state index is 13.0. The van der Waals surface area contributed by atoms with Gasteiger partial charge >= 0.3 is 5.97 Å². The Morgan fingerprint density at radius 1 is 0.612 bits per heavy atom. The summed E-state index contributed by atoms with van der Waals surface area (Å²) in [4.78, 5) is 37.9. The van der Waals surface area contributed by atoms with Crippen molar-refractivity contribution in [1.82, 2.24) is 10.6 Å². The highest BCUT2D eigenvalue weighted by atomic mass is 16.8. The molecule has 5 aliphatic heterocycles. The third-order valence-electron chi connectivity index (χ3n) is 12.1. The van der Waals surface area contributed by atoms with Gasteiger partial charge in [-0.2, -0.15) is 0 Å². The largest absolute Gasteiger partial charge is 0.477 e.